The summed E-state index contributed by atoms with van der Waals surface area (Å²) >= 11 is 0. The normalized spacial score (nSPS) is 3.00. The van der Waals surface area contributed by atoms with E-state index in [0.717, 1.165) is 0 Å². The Hall–Kier alpha value is 1.69. The molecule has 0 aliphatic heterocycles. The molecule has 1 nitrogen and oxygen atoms in total. The molecule has 0 radical (unpaired) electrons. The van der Waals surface area contributed by atoms with Crippen LogP contribution in [0.2, 0.25) is 0 Å². The molecule has 0 unspecified atom stereocenters. The van der Waals surface area contributed by atoms with Crippen LogP contribution in [0.15, 0.2) is 0 Å². The molecule has 0 bridgehead atoms. The molecule has 0 spiro atoms. The third-order valence-electron chi connectivity index (χ3n) is 0. The fourth-order valence-electron chi connectivity index (χ4n) is 0. The Morgan fingerprint density at radius 1 is 1.00 bits per heavy atom. The molecular weight excluding hydrogens is 224 g/mol. The van der Waals surface area contributed by atoms with Gasteiger partial charge in [-0.2, -0.15) is 0 Å². The van der Waals surface area contributed by atoms with Gasteiger partial charge in [0, 0.05) is 14.2 Å². The average Bonchev–Trinajstić information content (AvgIpc) is 0.918. The third kappa shape index (κ3) is 43.9. The van der Waals surface area contributed by atoms with Gasteiger partial charge in [-0.3, -0.25) is 0 Å². The van der Waals surface area contributed by atoms with Gasteiger partial charge < -0.3 is 38.7 Å². The Labute approximate surface area is 75.5 Å². The van der Waals surface area contributed by atoms with Crippen molar-refractivity contribution in [2.75, 3.05) is 14.2 Å². The zero-order chi connectivity index (χ0) is 2.71. The molecule has 0 aliphatic rings. The maximum absolute atomic E-state index is 4.25. The van der Waals surface area contributed by atoms with Gasteiger partial charge in [0.15, 0.2) is 0 Å². The summed E-state index contributed by atoms with van der Waals surface area (Å²) in [5, 5.41) is 0. The van der Waals surface area contributed by atoms with Gasteiger partial charge >= 0.3 is 23.1 Å². The minimum Gasteiger partial charge on any atom is -1.00 e. The van der Waals surface area contributed by atoms with E-state index in [1.54, 1.807) is 14.2 Å². The van der Waals surface area contributed by atoms with E-state index in [1.807, 2.05) is 0 Å². The second-order valence-electron chi connectivity index (χ2n) is 0.408. The zero-order valence-electron chi connectivity index (χ0n) is 3.87. The van der Waals surface area contributed by atoms with Crippen LogP contribution in [0, 0.1) is 0 Å². The first-order valence-corrected chi connectivity index (χ1v) is 0.816. The van der Waals surface area contributed by atoms with E-state index in [2.05, 4.69) is 4.74 Å². The molecule has 0 N–H and O–H groups in total. The van der Waals surface area contributed by atoms with Crippen LogP contribution in [-0.2, 0) is 4.74 Å². The number of rotatable bonds is 0. The molecule has 0 amide bonds. The van der Waals surface area contributed by atoms with Gasteiger partial charge in [-0.05, 0) is 0 Å². The summed E-state index contributed by atoms with van der Waals surface area (Å²) in [5.41, 5.74) is 0. The smallest absolute Gasteiger partial charge is 1.00 e. The molecule has 0 aromatic carbocycles. The van der Waals surface area contributed by atoms with Crippen LogP contribution >= 0.6 is 0 Å². The molecule has 0 aliphatic carbocycles. The molecule has 0 aromatic rings. The van der Waals surface area contributed by atoms with Crippen molar-refractivity contribution in [3.8, 4) is 0 Å². The Morgan fingerprint density at radius 2 is 1.00 bits per heavy atom. The van der Waals surface area contributed by atoms with E-state index in [0.29, 0.717) is 0 Å². The van der Waals surface area contributed by atoms with Crippen molar-refractivity contribution in [1.29, 1.82) is 0 Å². The van der Waals surface area contributed by atoms with Crippen molar-refractivity contribution in [3.05, 3.63) is 0 Å². The number of hydrogen-bond acceptors (Lipinski definition) is 1. The standard InChI is InChI=1S/C2H6O.2BrH.Mg/c1-3-2;;;/h1-2H3;2*1H;/q;;;+2/p-2. The first-order chi connectivity index (χ1) is 1.41. The molecule has 0 saturated heterocycles. The first-order valence-electron chi connectivity index (χ1n) is 0.816. The Bertz CT molecular complexity index is 11.5. The third-order valence-corrected chi connectivity index (χ3v) is 0. The average molecular weight is 230 g/mol. The predicted molar refractivity (Wildman–Crippen MR) is 18.7 cm³/mol. The summed E-state index contributed by atoms with van der Waals surface area (Å²) in [7, 11) is 3.25. The van der Waals surface area contributed by atoms with E-state index in [4.69, 9.17) is 0 Å². The van der Waals surface area contributed by atoms with Crippen LogP contribution in [0.1, 0.15) is 0 Å². The van der Waals surface area contributed by atoms with E-state index in [-0.39, 0.29) is 57.0 Å². The van der Waals surface area contributed by atoms with Crippen LogP contribution in [0.4, 0.5) is 0 Å². The molecule has 0 aromatic heterocycles. The van der Waals surface area contributed by atoms with Crippen molar-refractivity contribution in [3.63, 3.8) is 0 Å². The number of ether oxygens (including phenoxy) is 1. The molecule has 36 valence electrons. The van der Waals surface area contributed by atoms with Gasteiger partial charge in [0.25, 0.3) is 0 Å². The molecule has 0 saturated carbocycles. The fourth-order valence-corrected chi connectivity index (χ4v) is 0. The fraction of sp³-hybridized carbons (Fsp3) is 1.00. The molecule has 0 atom stereocenters. The van der Waals surface area contributed by atoms with Gasteiger partial charge in [-0.1, -0.05) is 0 Å². The largest absolute Gasteiger partial charge is 2.00 e. The van der Waals surface area contributed by atoms with Crippen molar-refractivity contribution in [1.82, 2.24) is 0 Å². The molecule has 0 heterocycles. The van der Waals surface area contributed by atoms with Gasteiger partial charge in [-0.15, -0.1) is 0 Å². The van der Waals surface area contributed by atoms with Crippen LogP contribution in [0.3, 0.4) is 0 Å². The first kappa shape index (κ1) is 25.3. The molecule has 0 fully saturated rings. The molecule has 0 rings (SSSR count). The maximum Gasteiger partial charge on any atom is 2.00 e. The second-order valence-corrected chi connectivity index (χ2v) is 0.408. The summed E-state index contributed by atoms with van der Waals surface area (Å²) in [6, 6.07) is 0. The van der Waals surface area contributed by atoms with E-state index < -0.39 is 0 Å². The quantitative estimate of drug-likeness (QED) is 0.376. The predicted octanol–water partition coefficient (Wildman–Crippen LogP) is -6.11. The van der Waals surface area contributed by atoms with Gasteiger partial charge in [0.2, 0.25) is 0 Å². The number of methoxy groups -OCH3 is 1. The molecule has 4 heteroatoms. The number of halogens is 2. The Kier molecular flexibility index (Phi) is 126. The summed E-state index contributed by atoms with van der Waals surface area (Å²) in [4.78, 5) is 0. The van der Waals surface area contributed by atoms with Crippen molar-refractivity contribution >= 4 is 23.1 Å². The summed E-state index contributed by atoms with van der Waals surface area (Å²) in [5.74, 6) is 0. The van der Waals surface area contributed by atoms with Crippen LogP contribution in [0.5, 0.6) is 0 Å². The minimum absolute atomic E-state index is 0. The second kappa shape index (κ2) is 30.0. The summed E-state index contributed by atoms with van der Waals surface area (Å²) < 4.78 is 4.25. The SMILES string of the molecule is COC.[Br-].[Br-].[Mg+2]. The Morgan fingerprint density at radius 3 is 1.00 bits per heavy atom. The topological polar surface area (TPSA) is 9.23 Å². The summed E-state index contributed by atoms with van der Waals surface area (Å²) in [6.07, 6.45) is 0. The Balaban J connectivity index is -0.00000000667. The van der Waals surface area contributed by atoms with Crippen LogP contribution < -0.4 is 34.0 Å². The summed E-state index contributed by atoms with van der Waals surface area (Å²) in [6.45, 7) is 0. The van der Waals surface area contributed by atoms with Gasteiger partial charge in [0.05, 0.1) is 0 Å². The maximum atomic E-state index is 4.25. The van der Waals surface area contributed by atoms with Crippen LogP contribution in [-0.4, -0.2) is 37.3 Å². The van der Waals surface area contributed by atoms with Gasteiger partial charge in [0.1, 0.15) is 0 Å². The molecular formula is C2H6Br2MgO. The number of hydrogen-bond donors (Lipinski definition) is 0. The monoisotopic (exact) mass is 228 g/mol. The zero-order valence-corrected chi connectivity index (χ0v) is 8.46. The minimum atomic E-state index is 0. The van der Waals surface area contributed by atoms with Crippen LogP contribution in [0.25, 0.3) is 0 Å². The van der Waals surface area contributed by atoms with Crippen molar-refractivity contribution in [2.45, 2.75) is 0 Å². The van der Waals surface area contributed by atoms with E-state index in [9.17, 15) is 0 Å². The van der Waals surface area contributed by atoms with E-state index >= 15 is 0 Å². The molecule has 6 heavy (non-hydrogen) atoms. The van der Waals surface area contributed by atoms with Gasteiger partial charge in [-0.25, -0.2) is 0 Å². The van der Waals surface area contributed by atoms with Crippen molar-refractivity contribution < 1.29 is 38.7 Å². The van der Waals surface area contributed by atoms with Crippen molar-refractivity contribution in [2.24, 2.45) is 0 Å². The van der Waals surface area contributed by atoms with E-state index in [1.165, 1.54) is 0 Å².